The second-order valence-corrected chi connectivity index (χ2v) is 25.7. The van der Waals surface area contributed by atoms with Crippen LogP contribution in [-0.4, -0.2) is 0 Å². The van der Waals surface area contributed by atoms with Crippen LogP contribution in [0.1, 0.15) is 95.9 Å². The van der Waals surface area contributed by atoms with Crippen molar-refractivity contribution in [1.82, 2.24) is 0 Å². The van der Waals surface area contributed by atoms with Crippen molar-refractivity contribution in [2.24, 2.45) is 23.7 Å². The number of benzene rings is 10. The normalized spacial score (nSPS) is 19.3. The molecule has 0 atom stereocenters. The average molecular weight is 1010 g/mol. The third-order valence-electron chi connectivity index (χ3n) is 19.3. The van der Waals surface area contributed by atoms with Crippen molar-refractivity contribution >= 4 is 99.5 Å². The SMILES string of the molecule is CC(C)(C)c1ccc(N(c2cc3c(c4ccccc24)-c2c(cc(N(c4ccc(C(C)(C)C)cc4)c4cccc5c4oc4ccccc45)c4ccccc24)C32C3CC4CC(C3)CC2C4)c2cccc3c2oc2ccccc23)cc1. The molecule has 17 rings (SSSR count). The summed E-state index contributed by atoms with van der Waals surface area (Å²) >= 11 is 0. The summed E-state index contributed by atoms with van der Waals surface area (Å²) < 4.78 is 14.0. The lowest BCUT2D eigenvalue weighted by Crippen LogP contribution is -2.55. The number of furan rings is 2. The van der Waals surface area contributed by atoms with Gasteiger partial charge in [0, 0.05) is 49.1 Å². The molecular formula is C74H64N2O2. The summed E-state index contributed by atoms with van der Waals surface area (Å²) in [5, 5.41) is 9.63. The lowest BCUT2D eigenvalue weighted by molar-refractivity contribution is -0.0398. The quantitative estimate of drug-likeness (QED) is 0.166. The molecule has 4 saturated carbocycles. The van der Waals surface area contributed by atoms with Gasteiger partial charge in [-0.2, -0.15) is 0 Å². The smallest absolute Gasteiger partial charge is 0.159 e. The highest BCUT2D eigenvalue weighted by Crippen LogP contribution is 2.72. The van der Waals surface area contributed by atoms with Crippen molar-refractivity contribution in [3.8, 4) is 11.1 Å². The molecule has 0 unspecified atom stereocenters. The Hall–Kier alpha value is -8.08. The van der Waals surface area contributed by atoms with Crippen LogP contribution in [0.15, 0.2) is 203 Å². The zero-order chi connectivity index (χ0) is 52.4. The maximum Gasteiger partial charge on any atom is 0.159 e. The Morgan fingerprint density at radius 1 is 0.359 bits per heavy atom. The van der Waals surface area contributed by atoms with E-state index >= 15 is 0 Å². The van der Waals surface area contributed by atoms with E-state index in [0.717, 1.165) is 78.5 Å². The van der Waals surface area contributed by atoms with Gasteiger partial charge in [0.05, 0.1) is 22.7 Å². The van der Waals surface area contributed by atoms with Crippen LogP contribution in [0.5, 0.6) is 0 Å². The predicted molar refractivity (Wildman–Crippen MR) is 326 cm³/mol. The van der Waals surface area contributed by atoms with Gasteiger partial charge in [0.1, 0.15) is 11.2 Å². The molecule has 4 fully saturated rings. The Morgan fingerprint density at radius 2 is 0.718 bits per heavy atom. The van der Waals surface area contributed by atoms with Gasteiger partial charge in [-0.1, -0.05) is 175 Å². The monoisotopic (exact) mass is 1010 g/mol. The zero-order valence-corrected chi connectivity index (χ0v) is 45.5. The van der Waals surface area contributed by atoms with E-state index in [0.29, 0.717) is 11.8 Å². The van der Waals surface area contributed by atoms with Gasteiger partial charge in [-0.3, -0.25) is 0 Å². The van der Waals surface area contributed by atoms with Gasteiger partial charge in [0.15, 0.2) is 11.2 Å². The molecule has 78 heavy (non-hydrogen) atoms. The van der Waals surface area contributed by atoms with E-state index in [2.05, 4.69) is 245 Å². The molecule has 2 aromatic heterocycles. The highest BCUT2D eigenvalue weighted by molar-refractivity contribution is 6.20. The van der Waals surface area contributed by atoms with Crippen LogP contribution < -0.4 is 9.80 Å². The maximum absolute atomic E-state index is 7.00. The van der Waals surface area contributed by atoms with E-state index in [1.54, 1.807) is 0 Å². The fourth-order valence-corrected chi connectivity index (χ4v) is 16.1. The summed E-state index contributed by atoms with van der Waals surface area (Å²) in [5.41, 5.74) is 18.6. The first kappa shape index (κ1) is 46.1. The van der Waals surface area contributed by atoms with E-state index in [-0.39, 0.29) is 16.2 Å². The molecule has 0 amide bonds. The second kappa shape index (κ2) is 16.5. The van der Waals surface area contributed by atoms with Crippen LogP contribution in [-0.2, 0) is 16.2 Å². The minimum atomic E-state index is -0.212. The van der Waals surface area contributed by atoms with Crippen LogP contribution in [0.4, 0.5) is 34.1 Å². The highest BCUT2D eigenvalue weighted by Gasteiger charge is 2.62. The first-order valence-electron chi connectivity index (χ1n) is 28.7. The Kier molecular flexibility index (Phi) is 9.73. The average Bonchev–Trinajstić information content (AvgIpc) is 2.10. The van der Waals surface area contributed by atoms with Gasteiger partial charge < -0.3 is 18.6 Å². The number of nitrogens with zero attached hydrogens (tertiary/aromatic N) is 2. The topological polar surface area (TPSA) is 32.8 Å². The fourth-order valence-electron chi connectivity index (χ4n) is 16.1. The van der Waals surface area contributed by atoms with Crippen LogP contribution in [0.3, 0.4) is 0 Å². The van der Waals surface area contributed by atoms with Crippen molar-refractivity contribution in [2.75, 3.05) is 9.80 Å². The van der Waals surface area contributed by atoms with Crippen LogP contribution in [0.2, 0.25) is 0 Å². The van der Waals surface area contributed by atoms with Crippen LogP contribution in [0, 0.1) is 23.7 Å². The summed E-state index contributed by atoms with van der Waals surface area (Å²) in [5.74, 6) is 2.57. The highest BCUT2D eigenvalue weighted by atomic mass is 16.3. The van der Waals surface area contributed by atoms with Crippen LogP contribution in [0.25, 0.3) is 76.5 Å². The van der Waals surface area contributed by atoms with Gasteiger partial charge >= 0.3 is 0 Å². The predicted octanol–water partition coefficient (Wildman–Crippen LogP) is 21.0. The van der Waals surface area contributed by atoms with Crippen LogP contribution >= 0.6 is 0 Å². The van der Waals surface area contributed by atoms with Gasteiger partial charge in [0.25, 0.3) is 0 Å². The Morgan fingerprint density at radius 3 is 1.12 bits per heavy atom. The van der Waals surface area contributed by atoms with E-state index in [1.165, 1.54) is 98.4 Å². The standard InChI is InChI=1S/C74H64N2O2/c1-72(2,3)46-29-33-50(34-30-46)75(62-25-15-23-58-54-19-11-13-27-66(54)77-70(58)62)64-42-60-68(56-21-9-7-17-52(56)64)69-57-22-10-8-18-53(57)65(43-61(69)74(60)48-38-44-37-45(40-48)41-49(74)39-44)76(51-35-31-47(32-36-51)73(4,5)6)63-26-16-24-59-55-20-12-14-28-67(55)78-71(59)63/h7-36,42-45,48-49H,37-41H2,1-6H3. The zero-order valence-electron chi connectivity index (χ0n) is 45.5. The van der Waals surface area contributed by atoms with Crippen molar-refractivity contribution in [3.63, 3.8) is 0 Å². The molecule has 382 valence electrons. The van der Waals surface area contributed by atoms with E-state index in [9.17, 15) is 0 Å². The second-order valence-electron chi connectivity index (χ2n) is 25.7. The Bertz CT molecular complexity index is 4130. The van der Waals surface area contributed by atoms with Crippen molar-refractivity contribution in [1.29, 1.82) is 0 Å². The van der Waals surface area contributed by atoms with Gasteiger partial charge in [-0.05, 0) is 171 Å². The molecule has 2 heterocycles. The molecule has 5 aliphatic rings. The lowest BCUT2D eigenvalue weighted by Gasteiger charge is -2.61. The molecule has 0 aliphatic heterocycles. The Labute approximate surface area is 456 Å². The molecule has 0 N–H and O–H groups in total. The number of hydrogen-bond acceptors (Lipinski definition) is 4. The van der Waals surface area contributed by atoms with Gasteiger partial charge in [-0.15, -0.1) is 0 Å². The molecule has 12 aromatic rings. The molecule has 1 spiro atoms. The molecule has 0 radical (unpaired) electrons. The summed E-state index contributed by atoms with van der Waals surface area (Å²) in [6.07, 6.45) is 6.45. The van der Waals surface area contributed by atoms with Gasteiger partial charge in [0.2, 0.25) is 0 Å². The third-order valence-corrected chi connectivity index (χ3v) is 19.3. The minimum Gasteiger partial charge on any atom is -0.454 e. The summed E-state index contributed by atoms with van der Waals surface area (Å²) in [4.78, 5) is 5.10. The third kappa shape index (κ3) is 6.52. The van der Waals surface area contributed by atoms with E-state index in [1.807, 2.05) is 0 Å². The molecular weight excluding hydrogens is 949 g/mol. The fraction of sp³-hybridized carbons (Fsp3) is 0.243. The number of rotatable bonds is 6. The first-order valence-corrected chi connectivity index (χ1v) is 28.7. The Balaban J connectivity index is 1.01. The largest absolute Gasteiger partial charge is 0.454 e. The van der Waals surface area contributed by atoms with E-state index in [4.69, 9.17) is 8.83 Å². The van der Waals surface area contributed by atoms with Crippen molar-refractivity contribution in [3.05, 3.63) is 216 Å². The molecule has 10 aromatic carbocycles. The minimum absolute atomic E-state index is 0.00562. The molecule has 5 aliphatic carbocycles. The van der Waals surface area contributed by atoms with Crippen molar-refractivity contribution < 1.29 is 8.83 Å². The number of para-hydroxylation sites is 4. The lowest BCUT2D eigenvalue weighted by atomic mass is 9.43. The van der Waals surface area contributed by atoms with Gasteiger partial charge in [-0.25, -0.2) is 0 Å². The molecule has 4 heteroatoms. The first-order chi connectivity index (χ1) is 37.9. The maximum atomic E-state index is 7.00. The van der Waals surface area contributed by atoms with E-state index < -0.39 is 0 Å². The summed E-state index contributed by atoms with van der Waals surface area (Å²) in [6.45, 7) is 13.8. The molecule has 4 bridgehead atoms. The number of anilines is 6. The molecule has 0 saturated heterocycles. The molecule has 4 nitrogen and oxygen atoms in total. The number of fused-ring (bicyclic) bond motifs is 13. The summed E-state index contributed by atoms with van der Waals surface area (Å²) in [6, 6.07) is 73.4. The van der Waals surface area contributed by atoms with Crippen molar-refractivity contribution in [2.45, 2.75) is 89.9 Å². The summed E-state index contributed by atoms with van der Waals surface area (Å²) in [7, 11) is 0. The number of hydrogen-bond donors (Lipinski definition) is 0.